The second-order valence-corrected chi connectivity index (χ2v) is 6.93. The summed E-state index contributed by atoms with van der Waals surface area (Å²) < 4.78 is 10.8. The number of aliphatic hydroxyl groups excluding tert-OH is 1. The van der Waals surface area contributed by atoms with Crippen molar-refractivity contribution < 1.29 is 14.6 Å². The molecular formula is C19H25N3O4S. The molecule has 0 spiro atoms. The number of hydrogen-bond donors (Lipinski definition) is 3. The van der Waals surface area contributed by atoms with Gasteiger partial charge in [-0.15, -0.1) is 0 Å². The Hall–Kier alpha value is -2.16. The van der Waals surface area contributed by atoms with E-state index < -0.39 is 0 Å². The second-order valence-electron chi connectivity index (χ2n) is 6.54. The van der Waals surface area contributed by atoms with Gasteiger partial charge in [-0.3, -0.25) is 4.79 Å². The lowest BCUT2D eigenvalue weighted by Crippen LogP contribution is -2.44. The van der Waals surface area contributed by atoms with Gasteiger partial charge in [-0.05, 0) is 49.3 Å². The van der Waals surface area contributed by atoms with Crippen molar-refractivity contribution in [2.75, 3.05) is 33.4 Å². The predicted molar refractivity (Wildman–Crippen MR) is 108 cm³/mol. The number of ether oxygens (including phenoxy) is 2. The molecule has 3 rings (SSSR count). The molecule has 1 atom stereocenters. The summed E-state index contributed by atoms with van der Waals surface area (Å²) in [7, 11) is 1.61. The number of nitrogens with one attached hydrogen (secondary N) is 2. The largest absolute Gasteiger partial charge is 0.497 e. The van der Waals surface area contributed by atoms with E-state index in [0.717, 1.165) is 36.1 Å². The summed E-state index contributed by atoms with van der Waals surface area (Å²) in [5.74, 6) is 0.724. The van der Waals surface area contributed by atoms with Crippen LogP contribution in [-0.2, 0) is 11.3 Å². The lowest BCUT2D eigenvalue weighted by Gasteiger charge is -2.26. The average Bonchev–Trinajstić information content (AvgIpc) is 3.19. The van der Waals surface area contributed by atoms with Gasteiger partial charge in [-0.25, -0.2) is 0 Å². The van der Waals surface area contributed by atoms with Crippen molar-refractivity contribution in [3.8, 4) is 5.75 Å². The molecule has 0 saturated carbocycles. The Morgan fingerprint density at radius 1 is 1.48 bits per heavy atom. The number of rotatable bonds is 7. The van der Waals surface area contributed by atoms with Crippen LogP contribution in [0, 0.1) is 0 Å². The number of aromatic amines is 1. The molecule has 1 aliphatic heterocycles. The van der Waals surface area contributed by atoms with Crippen molar-refractivity contribution >= 4 is 28.2 Å². The van der Waals surface area contributed by atoms with Crippen LogP contribution in [0.1, 0.15) is 18.4 Å². The molecule has 2 aromatic rings. The number of thiocarbonyl (C=S) groups is 1. The number of hydrogen-bond acceptors (Lipinski definition) is 5. The minimum absolute atomic E-state index is 0.0545. The van der Waals surface area contributed by atoms with Crippen molar-refractivity contribution in [2.24, 2.45) is 0 Å². The van der Waals surface area contributed by atoms with E-state index in [2.05, 4.69) is 10.3 Å². The van der Waals surface area contributed by atoms with E-state index in [4.69, 9.17) is 21.7 Å². The molecule has 7 nitrogen and oxygen atoms in total. The van der Waals surface area contributed by atoms with Crippen LogP contribution in [-0.4, -0.2) is 59.6 Å². The molecule has 27 heavy (non-hydrogen) atoms. The molecule has 146 valence electrons. The van der Waals surface area contributed by atoms with Crippen LogP contribution in [0.3, 0.4) is 0 Å². The Labute approximate surface area is 163 Å². The van der Waals surface area contributed by atoms with E-state index in [0.29, 0.717) is 30.3 Å². The normalized spacial score (nSPS) is 16.4. The van der Waals surface area contributed by atoms with E-state index in [-0.39, 0.29) is 18.3 Å². The number of aromatic nitrogens is 1. The van der Waals surface area contributed by atoms with Crippen molar-refractivity contribution in [1.29, 1.82) is 0 Å². The van der Waals surface area contributed by atoms with Gasteiger partial charge in [0.15, 0.2) is 5.11 Å². The van der Waals surface area contributed by atoms with Gasteiger partial charge in [0.2, 0.25) is 0 Å². The van der Waals surface area contributed by atoms with Crippen molar-refractivity contribution in [3.05, 3.63) is 40.2 Å². The standard InChI is InChI=1S/C19H25N3O4S/c1-25-15-4-5-17-13(10-15)9-14(18(24)21-17)12-22(6-7-23)19(27)20-11-16-3-2-8-26-16/h4-5,9-10,16,23H,2-3,6-8,11-12H2,1H3,(H,20,27)(H,21,24). The molecule has 1 aliphatic rings. The molecule has 2 heterocycles. The SMILES string of the molecule is COc1ccc2[nH]c(=O)c(CN(CCO)C(=S)NCC3CCCO3)cc2c1. The molecule has 8 heteroatoms. The van der Waals surface area contributed by atoms with Crippen LogP contribution in [0.4, 0.5) is 0 Å². The number of H-pyrrole nitrogens is 1. The molecule has 0 radical (unpaired) electrons. The molecule has 1 fully saturated rings. The van der Waals surface area contributed by atoms with Crippen molar-refractivity contribution in [2.45, 2.75) is 25.5 Å². The van der Waals surface area contributed by atoms with E-state index in [1.54, 1.807) is 18.1 Å². The number of pyridine rings is 1. The van der Waals surface area contributed by atoms with Crippen LogP contribution >= 0.6 is 12.2 Å². The molecule has 0 bridgehead atoms. The monoisotopic (exact) mass is 391 g/mol. The van der Waals surface area contributed by atoms with Crippen LogP contribution in [0.2, 0.25) is 0 Å². The lowest BCUT2D eigenvalue weighted by molar-refractivity contribution is 0.113. The maximum Gasteiger partial charge on any atom is 0.253 e. The van der Waals surface area contributed by atoms with Gasteiger partial charge in [0.1, 0.15) is 5.75 Å². The second kappa shape index (κ2) is 9.16. The summed E-state index contributed by atoms with van der Waals surface area (Å²) in [5.41, 5.74) is 1.15. The molecule has 1 saturated heterocycles. The number of benzene rings is 1. The third-order valence-electron chi connectivity index (χ3n) is 4.65. The van der Waals surface area contributed by atoms with Gasteiger partial charge in [-0.1, -0.05) is 0 Å². The first kappa shape index (κ1) is 19.6. The summed E-state index contributed by atoms with van der Waals surface area (Å²) in [6.07, 6.45) is 2.24. The van der Waals surface area contributed by atoms with E-state index >= 15 is 0 Å². The fraction of sp³-hybridized carbons (Fsp3) is 0.474. The topological polar surface area (TPSA) is 86.8 Å². The fourth-order valence-electron chi connectivity index (χ4n) is 3.17. The minimum Gasteiger partial charge on any atom is -0.497 e. The highest BCUT2D eigenvalue weighted by molar-refractivity contribution is 7.80. The first-order chi connectivity index (χ1) is 13.1. The van der Waals surface area contributed by atoms with Gasteiger partial charge in [0.05, 0.1) is 26.4 Å². The summed E-state index contributed by atoms with van der Waals surface area (Å²) in [5, 5.41) is 14.0. The van der Waals surface area contributed by atoms with E-state index in [1.165, 1.54) is 0 Å². The average molecular weight is 391 g/mol. The first-order valence-corrected chi connectivity index (χ1v) is 9.46. The van der Waals surface area contributed by atoms with Gasteiger partial charge < -0.3 is 29.8 Å². The van der Waals surface area contributed by atoms with Crippen LogP contribution in [0.5, 0.6) is 5.75 Å². The highest BCUT2D eigenvalue weighted by Gasteiger charge is 2.18. The minimum atomic E-state index is -0.169. The highest BCUT2D eigenvalue weighted by Crippen LogP contribution is 2.19. The maximum atomic E-state index is 12.5. The zero-order chi connectivity index (χ0) is 19.2. The van der Waals surface area contributed by atoms with Gasteiger partial charge in [0, 0.05) is 36.2 Å². The number of methoxy groups -OCH3 is 1. The number of aliphatic hydroxyl groups is 1. The van der Waals surface area contributed by atoms with Gasteiger partial charge in [-0.2, -0.15) is 0 Å². The van der Waals surface area contributed by atoms with E-state index in [9.17, 15) is 9.90 Å². The number of nitrogens with zero attached hydrogens (tertiary/aromatic N) is 1. The number of fused-ring (bicyclic) bond motifs is 1. The first-order valence-electron chi connectivity index (χ1n) is 9.06. The summed E-state index contributed by atoms with van der Waals surface area (Å²) in [6.45, 7) is 2.01. The Morgan fingerprint density at radius 3 is 3.04 bits per heavy atom. The van der Waals surface area contributed by atoms with Crippen LogP contribution in [0.15, 0.2) is 29.1 Å². The molecule has 1 aromatic heterocycles. The molecular weight excluding hydrogens is 366 g/mol. The molecule has 0 aliphatic carbocycles. The molecule has 3 N–H and O–H groups in total. The van der Waals surface area contributed by atoms with Crippen LogP contribution < -0.4 is 15.6 Å². The predicted octanol–water partition coefficient (Wildman–Crippen LogP) is 1.38. The Morgan fingerprint density at radius 2 is 2.33 bits per heavy atom. The van der Waals surface area contributed by atoms with Crippen LogP contribution in [0.25, 0.3) is 10.9 Å². The smallest absolute Gasteiger partial charge is 0.253 e. The van der Waals surface area contributed by atoms with Gasteiger partial charge >= 0.3 is 0 Å². The van der Waals surface area contributed by atoms with Crippen molar-refractivity contribution in [1.82, 2.24) is 15.2 Å². The lowest BCUT2D eigenvalue weighted by atomic mass is 10.1. The summed E-state index contributed by atoms with van der Waals surface area (Å²) in [6, 6.07) is 7.34. The molecule has 1 unspecified atom stereocenters. The van der Waals surface area contributed by atoms with E-state index in [1.807, 2.05) is 18.2 Å². The molecule has 0 amide bonds. The zero-order valence-corrected chi connectivity index (χ0v) is 16.2. The fourth-order valence-corrected chi connectivity index (χ4v) is 3.41. The van der Waals surface area contributed by atoms with Crippen molar-refractivity contribution in [3.63, 3.8) is 0 Å². The highest BCUT2D eigenvalue weighted by atomic mass is 32.1. The third-order valence-corrected chi connectivity index (χ3v) is 5.05. The zero-order valence-electron chi connectivity index (χ0n) is 15.4. The summed E-state index contributed by atoms with van der Waals surface area (Å²) in [4.78, 5) is 17.1. The molecule has 1 aromatic carbocycles. The summed E-state index contributed by atoms with van der Waals surface area (Å²) >= 11 is 5.47. The Kier molecular flexibility index (Phi) is 6.65. The Bertz CT molecular complexity index is 848. The maximum absolute atomic E-state index is 12.5. The third kappa shape index (κ3) is 4.97. The quantitative estimate of drug-likeness (QED) is 0.615. The van der Waals surface area contributed by atoms with Gasteiger partial charge in [0.25, 0.3) is 5.56 Å². The Balaban J connectivity index is 1.75.